The van der Waals surface area contributed by atoms with E-state index in [-0.39, 0.29) is 30.1 Å². The van der Waals surface area contributed by atoms with E-state index in [4.69, 9.17) is 10.1 Å². The number of hydrogen-bond donors (Lipinski definition) is 2. The Hall–Kier alpha value is -3.70. The highest BCUT2D eigenvalue weighted by Crippen LogP contribution is 2.28. The Morgan fingerprint density at radius 1 is 1.05 bits per heavy atom. The lowest BCUT2D eigenvalue weighted by atomic mass is 10.0. The van der Waals surface area contributed by atoms with Gasteiger partial charge in [0.1, 0.15) is 6.04 Å². The predicted octanol–water partition coefficient (Wildman–Crippen LogP) is 5.15. The van der Waals surface area contributed by atoms with Gasteiger partial charge >= 0.3 is 0 Å². The Morgan fingerprint density at radius 3 is 2.58 bits per heavy atom. The van der Waals surface area contributed by atoms with E-state index in [0.717, 1.165) is 21.4 Å². The third-order valence-electron chi connectivity index (χ3n) is 7.65. The van der Waals surface area contributed by atoms with Gasteiger partial charge in [0.2, 0.25) is 11.8 Å². The SMILES string of the molecule is CSCC[C@@H]1NC(=O)CCCN(C(=O)c2csc3ccccc23)CCn2nc(-c3ccccc3)nc2[C@@H](C(C)C)NC1=O. The highest BCUT2D eigenvalue weighted by atomic mass is 32.2. The van der Waals surface area contributed by atoms with E-state index in [9.17, 15) is 14.4 Å². The van der Waals surface area contributed by atoms with Crippen molar-refractivity contribution in [2.75, 3.05) is 25.1 Å². The van der Waals surface area contributed by atoms with Gasteiger partial charge in [-0.25, -0.2) is 9.67 Å². The van der Waals surface area contributed by atoms with Crippen molar-refractivity contribution in [1.29, 1.82) is 0 Å². The molecule has 9 nitrogen and oxygen atoms in total. The van der Waals surface area contributed by atoms with Crippen LogP contribution in [0.4, 0.5) is 0 Å². The smallest absolute Gasteiger partial charge is 0.255 e. The third-order valence-corrected chi connectivity index (χ3v) is 9.26. The fourth-order valence-corrected chi connectivity index (χ4v) is 6.69. The summed E-state index contributed by atoms with van der Waals surface area (Å²) in [6.45, 7) is 5.24. The minimum absolute atomic E-state index is 0.00441. The number of carbonyl (C=O) groups is 3. The van der Waals surface area contributed by atoms with Gasteiger partial charge in [-0.2, -0.15) is 16.9 Å². The Morgan fingerprint density at radius 2 is 1.81 bits per heavy atom. The van der Waals surface area contributed by atoms with E-state index in [0.29, 0.717) is 49.7 Å². The van der Waals surface area contributed by atoms with Crippen LogP contribution in [0.1, 0.15) is 55.3 Å². The zero-order chi connectivity index (χ0) is 30.3. The maximum Gasteiger partial charge on any atom is 0.255 e. The summed E-state index contributed by atoms with van der Waals surface area (Å²) in [4.78, 5) is 47.3. The zero-order valence-corrected chi connectivity index (χ0v) is 26.4. The predicted molar refractivity (Wildman–Crippen MR) is 173 cm³/mol. The van der Waals surface area contributed by atoms with Gasteiger partial charge in [-0.1, -0.05) is 62.4 Å². The molecule has 4 aromatic rings. The van der Waals surface area contributed by atoms with Gasteiger partial charge in [0.15, 0.2) is 11.6 Å². The normalized spacial score (nSPS) is 18.7. The molecule has 2 aromatic carbocycles. The van der Waals surface area contributed by atoms with E-state index in [1.165, 1.54) is 0 Å². The number of nitrogens with one attached hydrogen (secondary N) is 2. The lowest BCUT2D eigenvalue weighted by molar-refractivity contribution is -0.129. The molecule has 226 valence electrons. The van der Waals surface area contributed by atoms with Crippen LogP contribution in [0.2, 0.25) is 0 Å². The lowest BCUT2D eigenvalue weighted by Gasteiger charge is -2.28. The van der Waals surface area contributed by atoms with Crippen LogP contribution < -0.4 is 10.6 Å². The summed E-state index contributed by atoms with van der Waals surface area (Å²) in [5, 5.41) is 13.9. The van der Waals surface area contributed by atoms with Crippen molar-refractivity contribution in [3.8, 4) is 11.4 Å². The molecule has 5 rings (SSSR count). The molecule has 2 N–H and O–H groups in total. The molecule has 1 aliphatic rings. The number of nitrogens with zero attached hydrogens (tertiary/aromatic N) is 4. The fraction of sp³-hybridized carbons (Fsp3) is 0.406. The van der Waals surface area contributed by atoms with Crippen LogP contribution in [0.25, 0.3) is 21.5 Å². The maximum atomic E-state index is 13.9. The number of thiophene rings is 1. The Balaban J connectivity index is 1.53. The molecule has 0 saturated heterocycles. The average molecular weight is 619 g/mol. The van der Waals surface area contributed by atoms with E-state index < -0.39 is 12.1 Å². The molecule has 3 amide bonds. The van der Waals surface area contributed by atoms with Gasteiger partial charge in [0.25, 0.3) is 5.91 Å². The molecule has 0 fully saturated rings. The third kappa shape index (κ3) is 7.27. The van der Waals surface area contributed by atoms with Gasteiger partial charge in [0.05, 0.1) is 18.2 Å². The second-order valence-corrected chi connectivity index (χ2v) is 13.0. The molecule has 0 aliphatic carbocycles. The molecule has 0 unspecified atom stereocenters. The number of hydrogen-bond acceptors (Lipinski definition) is 7. The molecule has 0 spiro atoms. The second-order valence-electron chi connectivity index (χ2n) is 11.1. The number of aromatic nitrogens is 3. The van der Waals surface area contributed by atoms with Crippen molar-refractivity contribution < 1.29 is 14.4 Å². The summed E-state index contributed by atoms with van der Waals surface area (Å²) in [5.74, 6) is 1.43. The fourth-order valence-electron chi connectivity index (χ4n) is 5.29. The van der Waals surface area contributed by atoms with Crippen LogP contribution in [-0.4, -0.2) is 68.5 Å². The van der Waals surface area contributed by atoms with Crippen LogP contribution in [0.3, 0.4) is 0 Å². The highest BCUT2D eigenvalue weighted by molar-refractivity contribution is 7.98. The van der Waals surface area contributed by atoms with E-state index in [1.807, 2.05) is 89.7 Å². The highest BCUT2D eigenvalue weighted by Gasteiger charge is 2.30. The lowest BCUT2D eigenvalue weighted by Crippen LogP contribution is -2.49. The first-order valence-electron chi connectivity index (χ1n) is 14.7. The van der Waals surface area contributed by atoms with Crippen molar-refractivity contribution in [3.05, 3.63) is 71.4 Å². The summed E-state index contributed by atoms with van der Waals surface area (Å²) in [6.07, 6.45) is 3.19. The maximum absolute atomic E-state index is 13.9. The molecule has 1 aliphatic heterocycles. The van der Waals surface area contributed by atoms with Crippen LogP contribution >= 0.6 is 23.1 Å². The minimum atomic E-state index is -0.663. The van der Waals surface area contributed by atoms with Gasteiger partial charge in [-0.15, -0.1) is 11.3 Å². The van der Waals surface area contributed by atoms with Crippen molar-refractivity contribution >= 4 is 50.9 Å². The zero-order valence-electron chi connectivity index (χ0n) is 24.8. The molecule has 11 heteroatoms. The molecule has 0 radical (unpaired) electrons. The summed E-state index contributed by atoms with van der Waals surface area (Å²) >= 11 is 3.19. The first-order chi connectivity index (χ1) is 20.9. The van der Waals surface area contributed by atoms with Crippen molar-refractivity contribution in [2.45, 2.75) is 51.7 Å². The molecule has 0 bridgehead atoms. The summed E-state index contributed by atoms with van der Waals surface area (Å²) in [5.41, 5.74) is 1.54. The number of carbonyl (C=O) groups excluding carboxylic acids is 3. The molecule has 43 heavy (non-hydrogen) atoms. The summed E-state index contributed by atoms with van der Waals surface area (Å²) in [6, 6.07) is 16.5. The minimum Gasteiger partial charge on any atom is -0.344 e. The van der Waals surface area contributed by atoms with Gasteiger partial charge < -0.3 is 15.5 Å². The second kappa shape index (κ2) is 14.2. The van der Waals surface area contributed by atoms with Crippen molar-refractivity contribution in [2.24, 2.45) is 5.92 Å². The topological polar surface area (TPSA) is 109 Å². The Bertz CT molecular complexity index is 1570. The van der Waals surface area contributed by atoms with Crippen molar-refractivity contribution in [3.63, 3.8) is 0 Å². The number of rotatable bonds is 6. The van der Waals surface area contributed by atoms with Crippen LogP contribution in [-0.2, 0) is 16.1 Å². The molecular formula is C32H38N6O3S2. The van der Waals surface area contributed by atoms with Gasteiger partial charge in [-0.3, -0.25) is 14.4 Å². The first-order valence-corrected chi connectivity index (χ1v) is 17.0. The van der Waals surface area contributed by atoms with E-state index in [1.54, 1.807) is 23.1 Å². The summed E-state index contributed by atoms with van der Waals surface area (Å²) < 4.78 is 2.89. The molecule has 3 heterocycles. The Kier molecular flexibility index (Phi) is 10.1. The van der Waals surface area contributed by atoms with E-state index >= 15 is 0 Å². The van der Waals surface area contributed by atoms with Crippen LogP contribution in [0.5, 0.6) is 0 Å². The van der Waals surface area contributed by atoms with Gasteiger partial charge in [-0.05, 0) is 36.8 Å². The largest absolute Gasteiger partial charge is 0.344 e. The first kappa shape index (κ1) is 30.7. The molecule has 2 aromatic heterocycles. The number of thioether (sulfide) groups is 1. The van der Waals surface area contributed by atoms with Crippen LogP contribution in [0.15, 0.2) is 60.0 Å². The monoisotopic (exact) mass is 618 g/mol. The Labute approximate surface area is 260 Å². The van der Waals surface area contributed by atoms with E-state index in [2.05, 4.69) is 10.6 Å². The summed E-state index contributed by atoms with van der Waals surface area (Å²) in [7, 11) is 0. The molecule has 0 saturated carbocycles. The van der Waals surface area contributed by atoms with Crippen LogP contribution in [0, 0.1) is 5.92 Å². The molecular weight excluding hydrogens is 581 g/mol. The quantitative estimate of drug-likeness (QED) is 0.310. The molecule has 2 atom stereocenters. The van der Waals surface area contributed by atoms with Gasteiger partial charge in [0, 0.05) is 40.5 Å². The number of benzene rings is 2. The standard InChI is InChI=1S/C32H38N6O3S2/c1-21(2)28-30-35-29(22-10-5-4-6-11-22)36-38(30)18-17-37(32(41)24-20-43-26-13-8-7-12-23(24)26)16-9-14-27(39)33-25(15-19-42-3)31(40)34-28/h4-8,10-13,20-21,25,28H,9,14-19H2,1-3H3,(H,33,39)(H,34,40)/t25-,28+/m0/s1. The average Bonchev–Trinajstić information content (AvgIpc) is 3.64. The number of amides is 3. The van der Waals surface area contributed by atoms with Crippen molar-refractivity contribution in [1.82, 2.24) is 30.3 Å². The number of fused-ring (bicyclic) bond motifs is 2.